The highest BCUT2D eigenvalue weighted by Crippen LogP contribution is 2.17. The van der Waals surface area contributed by atoms with Crippen molar-refractivity contribution in [2.24, 2.45) is 5.10 Å². The smallest absolute Gasteiger partial charge is 0.277 e. The molecule has 9 nitrogen and oxygen atoms in total. The Balaban J connectivity index is 1.86. The van der Waals surface area contributed by atoms with Crippen LogP contribution in [0.3, 0.4) is 0 Å². The number of hydrazone groups is 1. The van der Waals surface area contributed by atoms with E-state index in [4.69, 9.17) is 4.74 Å². The van der Waals surface area contributed by atoms with E-state index in [2.05, 4.69) is 15.6 Å². The first-order valence-electron chi connectivity index (χ1n) is 7.65. The zero-order valence-corrected chi connectivity index (χ0v) is 14.2. The van der Waals surface area contributed by atoms with Crippen molar-refractivity contribution in [1.29, 1.82) is 0 Å². The third-order valence-corrected chi connectivity index (χ3v) is 3.54. The van der Waals surface area contributed by atoms with Gasteiger partial charge in [0.05, 0.1) is 16.8 Å². The number of rotatable bonds is 7. The average Bonchev–Trinajstić information content (AvgIpc) is 2.87. The second-order valence-electron chi connectivity index (χ2n) is 5.23. The maximum Gasteiger partial charge on any atom is 0.277 e. The minimum absolute atomic E-state index is 0.0419. The molecule has 0 spiro atoms. The minimum Gasteiger partial charge on any atom is -0.484 e. The fourth-order valence-corrected chi connectivity index (χ4v) is 2.22. The summed E-state index contributed by atoms with van der Waals surface area (Å²) in [6, 6.07) is 5.48. The second-order valence-corrected chi connectivity index (χ2v) is 5.23. The Labute approximate surface area is 144 Å². The van der Waals surface area contributed by atoms with E-state index in [0.29, 0.717) is 5.75 Å². The molecular weight excluding hydrogens is 326 g/mol. The van der Waals surface area contributed by atoms with Gasteiger partial charge in [0.2, 0.25) is 0 Å². The summed E-state index contributed by atoms with van der Waals surface area (Å²) < 4.78 is 7.11. The van der Waals surface area contributed by atoms with Crippen LogP contribution in [0.25, 0.3) is 0 Å². The molecule has 25 heavy (non-hydrogen) atoms. The molecule has 1 N–H and O–H groups in total. The zero-order chi connectivity index (χ0) is 18.4. The van der Waals surface area contributed by atoms with Gasteiger partial charge >= 0.3 is 0 Å². The lowest BCUT2D eigenvalue weighted by atomic mass is 10.2. The Morgan fingerprint density at radius 3 is 2.64 bits per heavy atom. The second kappa shape index (κ2) is 8.04. The van der Waals surface area contributed by atoms with Crippen LogP contribution in [0, 0.1) is 24.0 Å². The van der Waals surface area contributed by atoms with Crippen molar-refractivity contribution in [1.82, 2.24) is 15.2 Å². The van der Waals surface area contributed by atoms with Crippen LogP contribution in [0.5, 0.6) is 5.75 Å². The topological polar surface area (TPSA) is 112 Å². The van der Waals surface area contributed by atoms with Crippen LogP contribution in [0.4, 0.5) is 5.69 Å². The molecule has 2 aromatic rings. The van der Waals surface area contributed by atoms with E-state index in [0.717, 1.165) is 23.5 Å². The predicted molar refractivity (Wildman–Crippen MR) is 91.7 cm³/mol. The Kier molecular flexibility index (Phi) is 5.83. The first-order valence-corrected chi connectivity index (χ1v) is 7.65. The van der Waals surface area contributed by atoms with Gasteiger partial charge in [-0.05, 0) is 32.9 Å². The van der Waals surface area contributed by atoms with Gasteiger partial charge in [0, 0.05) is 29.9 Å². The molecule has 0 aliphatic heterocycles. The summed E-state index contributed by atoms with van der Waals surface area (Å²) in [7, 11) is 0. The number of nitrogens with one attached hydrogen (secondary N) is 1. The highest BCUT2D eigenvalue weighted by molar-refractivity contribution is 5.84. The van der Waals surface area contributed by atoms with E-state index in [1.54, 1.807) is 6.21 Å². The van der Waals surface area contributed by atoms with Crippen LogP contribution in [-0.4, -0.2) is 33.4 Å². The van der Waals surface area contributed by atoms with Crippen molar-refractivity contribution in [3.63, 3.8) is 0 Å². The summed E-state index contributed by atoms with van der Waals surface area (Å²) in [5, 5.41) is 18.8. The number of non-ortho nitro benzene ring substituents is 1. The molecule has 0 saturated heterocycles. The summed E-state index contributed by atoms with van der Waals surface area (Å²) in [6.07, 6.45) is 1.55. The van der Waals surface area contributed by atoms with Crippen LogP contribution >= 0.6 is 0 Å². The number of ether oxygens (including phenoxy) is 1. The van der Waals surface area contributed by atoms with Crippen LogP contribution in [0.15, 0.2) is 29.4 Å². The van der Waals surface area contributed by atoms with E-state index in [1.165, 1.54) is 24.3 Å². The standard InChI is InChI=1S/C16H19N5O4/c1-4-20-12(3)15(11(2)19-20)9-17-18-16(22)10-25-14-7-5-13(6-8-14)21(23)24/h5-9H,4,10H2,1-3H3,(H,18,22)/b17-9+. The number of nitro benzene ring substituents is 1. The molecule has 0 atom stereocenters. The lowest BCUT2D eigenvalue weighted by Gasteiger charge is -2.04. The fourth-order valence-electron chi connectivity index (χ4n) is 2.22. The van der Waals surface area contributed by atoms with Crippen molar-refractivity contribution in [3.8, 4) is 5.75 Å². The molecule has 0 bridgehead atoms. The van der Waals surface area contributed by atoms with Crippen LogP contribution < -0.4 is 10.2 Å². The molecule has 132 valence electrons. The van der Waals surface area contributed by atoms with Gasteiger partial charge in [-0.1, -0.05) is 0 Å². The minimum atomic E-state index is -0.504. The molecule has 1 heterocycles. The van der Waals surface area contributed by atoms with Crippen LogP contribution in [-0.2, 0) is 11.3 Å². The molecule has 2 rings (SSSR count). The molecule has 0 aliphatic rings. The van der Waals surface area contributed by atoms with Gasteiger partial charge in [0.15, 0.2) is 6.61 Å². The highest BCUT2D eigenvalue weighted by atomic mass is 16.6. The zero-order valence-electron chi connectivity index (χ0n) is 14.2. The van der Waals surface area contributed by atoms with Gasteiger partial charge in [0.25, 0.3) is 11.6 Å². The number of nitro groups is 1. The molecule has 1 amide bonds. The van der Waals surface area contributed by atoms with Crippen molar-refractivity contribution in [3.05, 3.63) is 51.3 Å². The number of nitrogens with zero attached hydrogens (tertiary/aromatic N) is 4. The summed E-state index contributed by atoms with van der Waals surface area (Å²) in [4.78, 5) is 21.8. The average molecular weight is 345 g/mol. The van der Waals surface area contributed by atoms with E-state index >= 15 is 0 Å². The Morgan fingerprint density at radius 2 is 2.08 bits per heavy atom. The van der Waals surface area contributed by atoms with Gasteiger partial charge in [-0.3, -0.25) is 19.6 Å². The number of carbonyl (C=O) groups excluding carboxylic acids is 1. The van der Waals surface area contributed by atoms with Crippen molar-refractivity contribution in [2.75, 3.05) is 6.61 Å². The van der Waals surface area contributed by atoms with E-state index in [9.17, 15) is 14.9 Å². The number of aryl methyl sites for hydroxylation is 2. The van der Waals surface area contributed by atoms with Crippen LogP contribution in [0.2, 0.25) is 0 Å². The lowest BCUT2D eigenvalue weighted by Crippen LogP contribution is -2.24. The number of hydrogen-bond donors (Lipinski definition) is 1. The molecule has 0 radical (unpaired) electrons. The quantitative estimate of drug-likeness (QED) is 0.468. The summed E-state index contributed by atoms with van der Waals surface area (Å²) in [6.45, 7) is 6.32. The number of benzene rings is 1. The Hall–Kier alpha value is -3.23. The fraction of sp³-hybridized carbons (Fsp3) is 0.312. The first-order chi connectivity index (χ1) is 11.9. The third-order valence-electron chi connectivity index (χ3n) is 3.54. The number of hydrogen-bond acceptors (Lipinski definition) is 6. The van der Waals surface area contributed by atoms with E-state index in [-0.39, 0.29) is 12.3 Å². The molecular formula is C16H19N5O4. The molecule has 0 saturated carbocycles. The molecule has 0 unspecified atom stereocenters. The van der Waals surface area contributed by atoms with Crippen molar-refractivity contribution in [2.45, 2.75) is 27.3 Å². The summed E-state index contributed by atoms with van der Waals surface area (Å²) in [5.74, 6) is -0.0755. The van der Waals surface area contributed by atoms with Gasteiger partial charge in [-0.15, -0.1) is 0 Å². The third kappa shape index (κ3) is 4.63. The predicted octanol–water partition coefficient (Wildman–Crippen LogP) is 1.96. The molecule has 0 fully saturated rings. The SMILES string of the molecule is CCn1nc(C)c(/C=N/NC(=O)COc2ccc([N+](=O)[O-])cc2)c1C. The molecule has 0 aliphatic carbocycles. The monoisotopic (exact) mass is 345 g/mol. The van der Waals surface area contributed by atoms with E-state index < -0.39 is 10.8 Å². The van der Waals surface area contributed by atoms with Crippen molar-refractivity contribution >= 4 is 17.8 Å². The van der Waals surface area contributed by atoms with Gasteiger partial charge in [0.1, 0.15) is 5.75 Å². The molecule has 1 aromatic heterocycles. The number of aromatic nitrogens is 2. The molecule has 1 aromatic carbocycles. The van der Waals surface area contributed by atoms with E-state index in [1.807, 2.05) is 25.5 Å². The number of carbonyl (C=O) groups is 1. The van der Waals surface area contributed by atoms with Gasteiger partial charge in [-0.25, -0.2) is 5.43 Å². The normalized spacial score (nSPS) is 10.8. The maximum atomic E-state index is 11.7. The van der Waals surface area contributed by atoms with Crippen LogP contribution in [0.1, 0.15) is 23.9 Å². The Morgan fingerprint density at radius 1 is 1.40 bits per heavy atom. The molecule has 9 heteroatoms. The lowest BCUT2D eigenvalue weighted by molar-refractivity contribution is -0.384. The summed E-state index contributed by atoms with van der Waals surface area (Å²) in [5.41, 5.74) is 5.00. The summed E-state index contributed by atoms with van der Waals surface area (Å²) >= 11 is 0. The first kappa shape index (κ1) is 18.1. The highest BCUT2D eigenvalue weighted by Gasteiger charge is 2.09. The van der Waals surface area contributed by atoms with Crippen molar-refractivity contribution < 1.29 is 14.5 Å². The number of amides is 1. The van der Waals surface area contributed by atoms with Gasteiger partial charge < -0.3 is 4.74 Å². The maximum absolute atomic E-state index is 11.7. The largest absolute Gasteiger partial charge is 0.484 e. The van der Waals surface area contributed by atoms with Gasteiger partial charge in [-0.2, -0.15) is 10.2 Å². The Bertz CT molecular complexity index is 796.